The number of nitrogens with one attached hydrogen (secondary N) is 2. The molecular weight excluding hydrogens is 406 g/mol. The van der Waals surface area contributed by atoms with Gasteiger partial charge in [-0.15, -0.1) is 11.3 Å². The number of nitrogens with zero attached hydrogens (tertiary/aromatic N) is 3. The molecular formula is C16H23N5O3S3. The molecule has 2 N–H and O–H groups in total. The predicted molar refractivity (Wildman–Crippen MR) is 108 cm³/mol. The molecule has 2 aromatic rings. The van der Waals surface area contributed by atoms with Crippen molar-refractivity contribution in [2.75, 3.05) is 19.3 Å². The lowest BCUT2D eigenvalue weighted by molar-refractivity contribution is -0.137. The molecule has 1 saturated heterocycles. The van der Waals surface area contributed by atoms with Crippen LogP contribution in [0.4, 0.5) is 0 Å². The fourth-order valence-electron chi connectivity index (χ4n) is 3.34. The third-order valence-electron chi connectivity index (χ3n) is 4.68. The molecule has 1 fully saturated rings. The highest BCUT2D eigenvalue weighted by atomic mass is 32.2. The van der Waals surface area contributed by atoms with Crippen molar-refractivity contribution in [2.45, 2.75) is 38.3 Å². The number of aromatic amines is 1. The van der Waals surface area contributed by atoms with Crippen molar-refractivity contribution < 1.29 is 13.2 Å². The molecule has 0 aliphatic carbocycles. The summed E-state index contributed by atoms with van der Waals surface area (Å²) in [5, 5.41) is 9.01. The molecule has 2 aromatic heterocycles. The second-order valence-electron chi connectivity index (χ2n) is 6.68. The third-order valence-corrected chi connectivity index (χ3v) is 6.53. The van der Waals surface area contributed by atoms with Gasteiger partial charge in [0.15, 0.2) is 10.6 Å². The van der Waals surface area contributed by atoms with E-state index in [0.717, 1.165) is 30.4 Å². The molecule has 3 rings (SSSR count). The summed E-state index contributed by atoms with van der Waals surface area (Å²) in [5.41, 5.74) is 0. The van der Waals surface area contributed by atoms with Crippen molar-refractivity contribution in [2.24, 2.45) is 0 Å². The van der Waals surface area contributed by atoms with Gasteiger partial charge in [-0.2, -0.15) is 5.10 Å². The third kappa shape index (κ3) is 4.65. The fraction of sp³-hybridized carbons (Fsp3) is 0.562. The number of hydrogen-bond donors (Lipinski definition) is 2. The molecule has 2 unspecified atom stereocenters. The van der Waals surface area contributed by atoms with Gasteiger partial charge in [-0.25, -0.2) is 13.1 Å². The second-order valence-corrected chi connectivity index (χ2v) is 9.84. The van der Waals surface area contributed by atoms with Crippen LogP contribution in [0.2, 0.25) is 0 Å². The van der Waals surface area contributed by atoms with Crippen LogP contribution in [-0.4, -0.2) is 59.4 Å². The number of piperidine rings is 1. The van der Waals surface area contributed by atoms with E-state index in [2.05, 4.69) is 14.9 Å². The van der Waals surface area contributed by atoms with Crippen LogP contribution in [0.25, 0.3) is 10.7 Å². The summed E-state index contributed by atoms with van der Waals surface area (Å²) in [7, 11) is -3.30. The van der Waals surface area contributed by atoms with Gasteiger partial charge in [0.25, 0.3) is 0 Å². The number of amides is 1. The maximum Gasteiger partial charge on any atom is 0.245 e. The predicted octanol–water partition coefficient (Wildman–Crippen LogP) is 2.16. The van der Waals surface area contributed by atoms with E-state index in [1.54, 1.807) is 16.4 Å². The van der Waals surface area contributed by atoms with Crippen molar-refractivity contribution in [1.82, 2.24) is 24.4 Å². The molecule has 1 amide bonds. The summed E-state index contributed by atoms with van der Waals surface area (Å²) in [4.78, 5) is 16.0. The highest BCUT2D eigenvalue weighted by molar-refractivity contribution is 7.88. The maximum atomic E-state index is 13.2. The first-order valence-electron chi connectivity index (χ1n) is 8.74. The van der Waals surface area contributed by atoms with Crippen LogP contribution < -0.4 is 4.72 Å². The van der Waals surface area contributed by atoms with E-state index in [4.69, 9.17) is 12.2 Å². The molecule has 8 nitrogen and oxygen atoms in total. The monoisotopic (exact) mass is 429 g/mol. The van der Waals surface area contributed by atoms with Crippen molar-refractivity contribution in [3.8, 4) is 10.7 Å². The van der Waals surface area contributed by atoms with Crippen LogP contribution >= 0.6 is 23.6 Å². The summed E-state index contributed by atoms with van der Waals surface area (Å²) in [6.07, 6.45) is 3.78. The van der Waals surface area contributed by atoms with E-state index >= 15 is 0 Å². The average molecular weight is 430 g/mol. The molecule has 0 bridgehead atoms. The first-order chi connectivity index (χ1) is 12.8. The highest BCUT2D eigenvalue weighted by Crippen LogP contribution is 2.27. The number of hydrogen-bond acceptors (Lipinski definition) is 6. The van der Waals surface area contributed by atoms with Gasteiger partial charge in [0.1, 0.15) is 6.04 Å². The number of H-pyrrole nitrogens is 1. The first-order valence-corrected chi connectivity index (χ1v) is 11.9. The standard InChI is InChI=1S/C16H23N5O3S3/c1-11(21-14(18-19-16(21)25)13-7-5-9-26-13)15(22)20-8-4-3-6-12(20)10-17-27(2,23)24/h5,7,9,11-12,17H,3-4,6,8,10H2,1-2H3,(H,19,25). The van der Waals surface area contributed by atoms with E-state index < -0.39 is 16.1 Å². The van der Waals surface area contributed by atoms with E-state index in [9.17, 15) is 13.2 Å². The first kappa shape index (κ1) is 20.2. The smallest absolute Gasteiger partial charge is 0.245 e. The van der Waals surface area contributed by atoms with E-state index in [1.807, 2.05) is 17.5 Å². The molecule has 0 spiro atoms. The molecule has 1 aliphatic rings. The molecule has 0 radical (unpaired) electrons. The summed E-state index contributed by atoms with van der Waals surface area (Å²) < 4.78 is 27.6. The Morgan fingerprint density at radius 1 is 1.52 bits per heavy atom. The Balaban J connectivity index is 1.84. The molecule has 148 valence electrons. The van der Waals surface area contributed by atoms with E-state index in [-0.39, 0.29) is 18.5 Å². The summed E-state index contributed by atoms with van der Waals surface area (Å²) >= 11 is 6.89. The zero-order valence-electron chi connectivity index (χ0n) is 15.2. The minimum Gasteiger partial charge on any atom is -0.337 e. The topological polar surface area (TPSA) is 100 Å². The lowest BCUT2D eigenvalue weighted by atomic mass is 10.0. The Kier molecular flexibility index (Phi) is 6.14. The maximum absolute atomic E-state index is 13.2. The quantitative estimate of drug-likeness (QED) is 0.686. The summed E-state index contributed by atoms with van der Waals surface area (Å²) in [6.45, 7) is 2.64. The molecule has 3 heterocycles. The normalized spacial score (nSPS) is 19.2. The fourth-order valence-corrected chi connectivity index (χ4v) is 4.84. The van der Waals surface area contributed by atoms with E-state index in [1.165, 1.54) is 11.3 Å². The minimum absolute atomic E-state index is 0.0784. The van der Waals surface area contributed by atoms with Crippen molar-refractivity contribution in [3.63, 3.8) is 0 Å². The Hall–Kier alpha value is -1.56. The SMILES string of the molecule is CC(C(=O)N1CCCCC1CNS(C)(=O)=O)n1c(-c2cccs2)n[nH]c1=S. The number of sulfonamides is 1. The number of rotatable bonds is 6. The van der Waals surface area contributed by atoms with Crippen LogP contribution in [-0.2, 0) is 14.8 Å². The van der Waals surface area contributed by atoms with Gasteiger partial charge >= 0.3 is 0 Å². The Morgan fingerprint density at radius 2 is 2.30 bits per heavy atom. The van der Waals surface area contributed by atoms with Gasteiger partial charge in [0.05, 0.1) is 11.1 Å². The number of thiophene rings is 1. The van der Waals surface area contributed by atoms with Crippen LogP contribution in [0.3, 0.4) is 0 Å². The lowest BCUT2D eigenvalue weighted by Crippen LogP contribution is -2.51. The van der Waals surface area contributed by atoms with Crippen LogP contribution in [0.15, 0.2) is 17.5 Å². The number of likely N-dealkylation sites (tertiary alicyclic amines) is 1. The highest BCUT2D eigenvalue weighted by Gasteiger charge is 2.32. The molecule has 0 saturated carbocycles. The molecule has 2 atom stereocenters. The number of carbonyl (C=O) groups excluding carboxylic acids is 1. The van der Waals surface area contributed by atoms with Crippen LogP contribution in [0.1, 0.15) is 32.2 Å². The van der Waals surface area contributed by atoms with Gasteiger partial charge in [-0.05, 0) is 49.9 Å². The zero-order valence-corrected chi connectivity index (χ0v) is 17.7. The lowest BCUT2D eigenvalue weighted by Gasteiger charge is -2.37. The van der Waals surface area contributed by atoms with Crippen molar-refractivity contribution >= 4 is 39.5 Å². The minimum atomic E-state index is -3.30. The van der Waals surface area contributed by atoms with Gasteiger partial charge in [0, 0.05) is 19.1 Å². The Morgan fingerprint density at radius 3 is 2.96 bits per heavy atom. The summed E-state index contributed by atoms with van der Waals surface area (Å²) in [5.74, 6) is 0.559. The van der Waals surface area contributed by atoms with Gasteiger partial charge in [0.2, 0.25) is 15.9 Å². The second kappa shape index (κ2) is 8.21. The Labute approximate surface area is 167 Å². The van der Waals surface area contributed by atoms with Crippen molar-refractivity contribution in [3.05, 3.63) is 22.3 Å². The molecule has 11 heteroatoms. The summed E-state index contributed by atoms with van der Waals surface area (Å²) in [6, 6.07) is 3.16. The van der Waals surface area contributed by atoms with Crippen LogP contribution in [0.5, 0.6) is 0 Å². The Bertz CT molecular complexity index is 948. The van der Waals surface area contributed by atoms with Crippen LogP contribution in [0, 0.1) is 4.77 Å². The number of aromatic nitrogens is 3. The largest absolute Gasteiger partial charge is 0.337 e. The van der Waals surface area contributed by atoms with E-state index in [0.29, 0.717) is 17.1 Å². The molecule has 27 heavy (non-hydrogen) atoms. The van der Waals surface area contributed by atoms with Gasteiger partial charge < -0.3 is 4.90 Å². The van der Waals surface area contributed by atoms with Gasteiger partial charge in [-0.1, -0.05) is 6.07 Å². The van der Waals surface area contributed by atoms with Gasteiger partial charge in [-0.3, -0.25) is 14.5 Å². The molecule has 1 aliphatic heterocycles. The number of carbonyl (C=O) groups is 1. The zero-order chi connectivity index (χ0) is 19.6. The molecule has 0 aromatic carbocycles. The van der Waals surface area contributed by atoms with Crippen molar-refractivity contribution in [1.29, 1.82) is 0 Å². The average Bonchev–Trinajstić information content (AvgIpc) is 3.27.